The summed E-state index contributed by atoms with van der Waals surface area (Å²) in [5, 5.41) is 12.6. The van der Waals surface area contributed by atoms with Crippen LogP contribution in [0.4, 0.5) is 0 Å². The van der Waals surface area contributed by atoms with Gasteiger partial charge in [-0.1, -0.05) is 6.92 Å². The van der Waals surface area contributed by atoms with Gasteiger partial charge in [0.2, 0.25) is 5.91 Å². The average molecular weight is 266 g/mol. The molecular weight excluding hydrogens is 244 g/mol. The van der Waals surface area contributed by atoms with Gasteiger partial charge >= 0.3 is 0 Å². The lowest BCUT2D eigenvalue weighted by Crippen LogP contribution is -2.36. The van der Waals surface area contributed by atoms with E-state index in [-0.39, 0.29) is 11.7 Å². The molecule has 106 valence electrons. The number of likely N-dealkylation sites (N-methyl/N-ethyl adjacent to an activating group) is 2. The molecule has 5 nitrogen and oxygen atoms in total. The number of nitrogens with one attached hydrogen (secondary N) is 1. The maximum Gasteiger partial charge on any atom is 0.234 e. The molecule has 1 rings (SSSR count). The molecular formula is C14H22N2O3. The molecule has 0 fully saturated rings. The molecule has 0 aliphatic rings. The van der Waals surface area contributed by atoms with Crippen LogP contribution in [0.3, 0.4) is 0 Å². The fourth-order valence-corrected chi connectivity index (χ4v) is 1.79. The van der Waals surface area contributed by atoms with E-state index in [1.165, 1.54) is 0 Å². The highest BCUT2D eigenvalue weighted by Gasteiger charge is 2.12. The molecule has 5 heteroatoms. The summed E-state index contributed by atoms with van der Waals surface area (Å²) in [6.07, 6.45) is 0. The lowest BCUT2D eigenvalue weighted by molar-refractivity contribution is -0.122. The molecule has 1 aromatic rings. The second-order valence-electron chi connectivity index (χ2n) is 4.25. The maximum atomic E-state index is 11.6. The summed E-state index contributed by atoms with van der Waals surface area (Å²) in [7, 11) is 1.59. The minimum Gasteiger partial charge on any atom is -0.508 e. The fraction of sp³-hybridized carbons (Fsp3) is 0.500. The van der Waals surface area contributed by atoms with E-state index in [4.69, 9.17) is 4.74 Å². The molecule has 0 bridgehead atoms. The molecule has 0 saturated carbocycles. The van der Waals surface area contributed by atoms with E-state index in [1.54, 1.807) is 25.3 Å². The molecule has 2 N–H and O–H groups in total. The summed E-state index contributed by atoms with van der Waals surface area (Å²) < 4.78 is 5.14. The first kappa shape index (κ1) is 15.3. The molecule has 0 spiro atoms. The third kappa shape index (κ3) is 4.79. The molecule has 0 aliphatic heterocycles. The SMILES string of the molecule is CCNC(=O)CN(CC)Cc1cc(OC)ccc1O. The van der Waals surface area contributed by atoms with Crippen molar-refractivity contribution in [2.24, 2.45) is 0 Å². The molecule has 0 aliphatic carbocycles. The predicted molar refractivity (Wildman–Crippen MR) is 74.3 cm³/mol. The van der Waals surface area contributed by atoms with Crippen molar-refractivity contribution in [2.45, 2.75) is 20.4 Å². The summed E-state index contributed by atoms with van der Waals surface area (Å²) in [5.41, 5.74) is 0.755. The summed E-state index contributed by atoms with van der Waals surface area (Å²) >= 11 is 0. The number of methoxy groups -OCH3 is 1. The van der Waals surface area contributed by atoms with Gasteiger partial charge in [-0.2, -0.15) is 0 Å². The van der Waals surface area contributed by atoms with Crippen LogP contribution in [-0.4, -0.2) is 42.7 Å². The first-order valence-electron chi connectivity index (χ1n) is 6.45. The highest BCUT2D eigenvalue weighted by molar-refractivity contribution is 5.77. The van der Waals surface area contributed by atoms with Gasteiger partial charge in [-0.3, -0.25) is 9.69 Å². The number of carbonyl (C=O) groups excluding carboxylic acids is 1. The predicted octanol–water partition coefficient (Wildman–Crippen LogP) is 1.36. The maximum absolute atomic E-state index is 11.6. The van der Waals surface area contributed by atoms with Crippen LogP contribution in [0.5, 0.6) is 11.5 Å². The number of rotatable bonds is 7. The largest absolute Gasteiger partial charge is 0.508 e. The summed E-state index contributed by atoms with van der Waals surface area (Å²) in [4.78, 5) is 13.5. The van der Waals surface area contributed by atoms with Gasteiger partial charge in [-0.15, -0.1) is 0 Å². The molecule has 1 amide bonds. The van der Waals surface area contributed by atoms with Gasteiger partial charge in [0.15, 0.2) is 0 Å². The number of benzene rings is 1. The zero-order chi connectivity index (χ0) is 14.3. The molecule has 0 atom stereocenters. The quantitative estimate of drug-likeness (QED) is 0.782. The van der Waals surface area contributed by atoms with E-state index in [9.17, 15) is 9.90 Å². The number of phenols is 1. The van der Waals surface area contributed by atoms with Crippen molar-refractivity contribution in [1.29, 1.82) is 0 Å². The number of hydrogen-bond donors (Lipinski definition) is 2. The number of phenolic OH excluding ortho intramolecular Hbond substituents is 1. The van der Waals surface area contributed by atoms with E-state index in [0.29, 0.717) is 25.4 Å². The summed E-state index contributed by atoms with van der Waals surface area (Å²) in [6.45, 7) is 6.06. The van der Waals surface area contributed by atoms with Crippen LogP contribution in [0.15, 0.2) is 18.2 Å². The normalized spacial score (nSPS) is 10.5. The Labute approximate surface area is 114 Å². The van der Waals surface area contributed by atoms with Crippen molar-refractivity contribution < 1.29 is 14.6 Å². The van der Waals surface area contributed by atoms with Crippen LogP contribution in [0.25, 0.3) is 0 Å². The van der Waals surface area contributed by atoms with Crippen LogP contribution in [0.2, 0.25) is 0 Å². The van der Waals surface area contributed by atoms with Gasteiger partial charge in [0.25, 0.3) is 0 Å². The van der Waals surface area contributed by atoms with Crippen molar-refractivity contribution in [3.05, 3.63) is 23.8 Å². The van der Waals surface area contributed by atoms with E-state index in [0.717, 1.165) is 12.1 Å². The second-order valence-corrected chi connectivity index (χ2v) is 4.25. The topological polar surface area (TPSA) is 61.8 Å². The highest BCUT2D eigenvalue weighted by atomic mass is 16.5. The zero-order valence-electron chi connectivity index (χ0n) is 11.8. The molecule has 19 heavy (non-hydrogen) atoms. The Bertz CT molecular complexity index is 421. The van der Waals surface area contributed by atoms with Gasteiger partial charge in [-0.05, 0) is 31.7 Å². The van der Waals surface area contributed by atoms with Crippen LogP contribution >= 0.6 is 0 Å². The van der Waals surface area contributed by atoms with Gasteiger partial charge < -0.3 is 15.2 Å². The standard InChI is InChI=1S/C14H22N2O3/c1-4-15-14(18)10-16(5-2)9-11-8-12(19-3)6-7-13(11)17/h6-8,17H,4-5,9-10H2,1-3H3,(H,15,18). The molecule has 0 unspecified atom stereocenters. The van der Waals surface area contributed by atoms with E-state index in [1.807, 2.05) is 18.7 Å². The Hall–Kier alpha value is -1.75. The number of aromatic hydroxyl groups is 1. The Morgan fingerprint density at radius 1 is 1.42 bits per heavy atom. The number of hydrogen-bond acceptors (Lipinski definition) is 4. The lowest BCUT2D eigenvalue weighted by Gasteiger charge is -2.20. The lowest BCUT2D eigenvalue weighted by atomic mass is 10.1. The third-order valence-corrected chi connectivity index (χ3v) is 2.87. The number of nitrogens with zero attached hydrogens (tertiary/aromatic N) is 1. The van der Waals surface area contributed by atoms with Crippen molar-refractivity contribution in [3.8, 4) is 11.5 Å². The smallest absolute Gasteiger partial charge is 0.234 e. The van der Waals surface area contributed by atoms with Gasteiger partial charge in [0.05, 0.1) is 13.7 Å². The van der Waals surface area contributed by atoms with Crippen LogP contribution in [0, 0.1) is 0 Å². The summed E-state index contributed by atoms with van der Waals surface area (Å²) in [6, 6.07) is 5.10. The monoisotopic (exact) mass is 266 g/mol. The Morgan fingerprint density at radius 3 is 2.74 bits per heavy atom. The van der Waals surface area contributed by atoms with Crippen LogP contribution < -0.4 is 10.1 Å². The van der Waals surface area contributed by atoms with Gasteiger partial charge in [0.1, 0.15) is 11.5 Å². The van der Waals surface area contributed by atoms with Crippen molar-refractivity contribution in [2.75, 3.05) is 26.7 Å². The van der Waals surface area contributed by atoms with Crippen molar-refractivity contribution in [3.63, 3.8) is 0 Å². The van der Waals surface area contributed by atoms with Crippen molar-refractivity contribution >= 4 is 5.91 Å². The Kier molecular flexibility index (Phi) is 6.15. The summed E-state index contributed by atoms with van der Waals surface area (Å²) in [5.74, 6) is 0.906. The zero-order valence-corrected chi connectivity index (χ0v) is 11.8. The minimum absolute atomic E-state index is 0.00765. The van der Waals surface area contributed by atoms with Crippen molar-refractivity contribution in [1.82, 2.24) is 10.2 Å². The number of ether oxygens (including phenoxy) is 1. The Balaban J connectivity index is 2.72. The first-order chi connectivity index (χ1) is 9.10. The number of carbonyl (C=O) groups is 1. The van der Waals surface area contributed by atoms with E-state index >= 15 is 0 Å². The first-order valence-corrected chi connectivity index (χ1v) is 6.45. The molecule has 0 heterocycles. The van der Waals surface area contributed by atoms with Crippen LogP contribution in [0.1, 0.15) is 19.4 Å². The highest BCUT2D eigenvalue weighted by Crippen LogP contribution is 2.24. The molecule has 0 radical (unpaired) electrons. The molecule has 0 aromatic heterocycles. The Morgan fingerprint density at radius 2 is 2.16 bits per heavy atom. The second kappa shape index (κ2) is 7.63. The number of amides is 1. The van der Waals surface area contributed by atoms with Gasteiger partial charge in [-0.25, -0.2) is 0 Å². The fourth-order valence-electron chi connectivity index (χ4n) is 1.79. The third-order valence-electron chi connectivity index (χ3n) is 2.87. The minimum atomic E-state index is -0.00765. The van der Waals surface area contributed by atoms with Crippen LogP contribution in [-0.2, 0) is 11.3 Å². The molecule has 0 saturated heterocycles. The molecule has 1 aromatic carbocycles. The van der Waals surface area contributed by atoms with Gasteiger partial charge in [0, 0.05) is 18.7 Å². The van der Waals surface area contributed by atoms with E-state index in [2.05, 4.69) is 5.32 Å². The average Bonchev–Trinajstić information content (AvgIpc) is 2.40. The van der Waals surface area contributed by atoms with E-state index < -0.39 is 0 Å².